The molecule has 1 heterocycles. The molecule has 2 N–H and O–H groups in total. The summed E-state index contributed by atoms with van der Waals surface area (Å²) in [5.74, 6) is 0.502. The second kappa shape index (κ2) is 9.58. The SMILES string of the molecule is C=C.C=CCc1cc(-c2cc(C)ccc2O)ccc1O.C[C@@H]1CO1. The van der Waals surface area contributed by atoms with Crippen LogP contribution in [0.1, 0.15) is 18.1 Å². The van der Waals surface area contributed by atoms with Crippen LogP contribution in [0.3, 0.4) is 0 Å². The third-order valence-corrected chi connectivity index (χ3v) is 3.41. The van der Waals surface area contributed by atoms with E-state index in [1.807, 2.05) is 25.1 Å². The first-order chi connectivity index (χ1) is 11.5. The molecule has 1 aliphatic heterocycles. The average molecular weight is 326 g/mol. The number of epoxide rings is 1. The summed E-state index contributed by atoms with van der Waals surface area (Å²) in [5.41, 5.74) is 3.57. The summed E-state index contributed by atoms with van der Waals surface area (Å²) in [7, 11) is 0. The van der Waals surface area contributed by atoms with Gasteiger partial charge in [0, 0.05) is 5.56 Å². The molecule has 0 bridgehead atoms. The van der Waals surface area contributed by atoms with Gasteiger partial charge in [0.1, 0.15) is 11.5 Å². The predicted octanol–water partition coefficient (Wildman–Crippen LogP) is 5.01. The topological polar surface area (TPSA) is 53.0 Å². The molecule has 1 aliphatic rings. The van der Waals surface area contributed by atoms with E-state index in [4.69, 9.17) is 4.74 Å². The van der Waals surface area contributed by atoms with Crippen molar-refractivity contribution in [3.8, 4) is 22.6 Å². The monoisotopic (exact) mass is 326 g/mol. The second-order valence-electron chi connectivity index (χ2n) is 5.50. The van der Waals surface area contributed by atoms with Crippen molar-refractivity contribution in [1.82, 2.24) is 0 Å². The first-order valence-electron chi connectivity index (χ1n) is 7.85. The zero-order chi connectivity index (χ0) is 18.1. The first-order valence-corrected chi connectivity index (χ1v) is 7.85. The molecule has 1 atom stereocenters. The Morgan fingerprint density at radius 3 is 2.25 bits per heavy atom. The van der Waals surface area contributed by atoms with Crippen molar-refractivity contribution in [3.05, 3.63) is 73.3 Å². The molecule has 3 heteroatoms. The Bertz CT molecular complexity index is 673. The van der Waals surface area contributed by atoms with E-state index in [2.05, 4.69) is 26.7 Å². The normalized spacial score (nSPS) is 14.5. The molecule has 0 spiro atoms. The summed E-state index contributed by atoms with van der Waals surface area (Å²) in [6, 6.07) is 10.8. The van der Waals surface area contributed by atoms with Crippen LogP contribution in [0.2, 0.25) is 0 Å². The van der Waals surface area contributed by atoms with Gasteiger partial charge in [-0.3, -0.25) is 0 Å². The van der Waals surface area contributed by atoms with Crippen molar-refractivity contribution >= 4 is 0 Å². The van der Waals surface area contributed by atoms with E-state index in [1.54, 1.807) is 24.3 Å². The van der Waals surface area contributed by atoms with Crippen LogP contribution in [-0.4, -0.2) is 22.9 Å². The van der Waals surface area contributed by atoms with Crippen molar-refractivity contribution in [3.63, 3.8) is 0 Å². The molecule has 24 heavy (non-hydrogen) atoms. The fraction of sp³-hybridized carbons (Fsp3) is 0.238. The maximum absolute atomic E-state index is 9.90. The Morgan fingerprint density at radius 2 is 1.71 bits per heavy atom. The van der Waals surface area contributed by atoms with Gasteiger partial charge >= 0.3 is 0 Å². The number of ether oxygens (including phenoxy) is 1. The maximum atomic E-state index is 9.90. The van der Waals surface area contributed by atoms with Crippen molar-refractivity contribution in [1.29, 1.82) is 0 Å². The molecular weight excluding hydrogens is 300 g/mol. The number of benzene rings is 2. The van der Waals surface area contributed by atoms with Crippen molar-refractivity contribution < 1.29 is 14.9 Å². The fourth-order valence-electron chi connectivity index (χ4n) is 2.05. The quantitative estimate of drug-likeness (QED) is 0.616. The highest BCUT2D eigenvalue weighted by molar-refractivity contribution is 5.72. The number of phenols is 2. The van der Waals surface area contributed by atoms with Gasteiger partial charge in [0.15, 0.2) is 0 Å². The summed E-state index contributed by atoms with van der Waals surface area (Å²) < 4.78 is 4.71. The summed E-state index contributed by atoms with van der Waals surface area (Å²) >= 11 is 0. The lowest BCUT2D eigenvalue weighted by Gasteiger charge is -2.09. The predicted molar refractivity (Wildman–Crippen MR) is 101 cm³/mol. The number of phenolic OH excluding ortho intramolecular Hbond substituents is 2. The molecular formula is C21H26O3. The zero-order valence-corrected chi connectivity index (χ0v) is 14.5. The summed E-state index contributed by atoms with van der Waals surface area (Å²) in [5, 5.41) is 19.6. The van der Waals surface area contributed by atoms with Crippen LogP contribution in [0.4, 0.5) is 0 Å². The number of rotatable bonds is 3. The van der Waals surface area contributed by atoms with Gasteiger partial charge < -0.3 is 14.9 Å². The molecule has 0 aliphatic carbocycles. The molecule has 1 fully saturated rings. The number of allylic oxidation sites excluding steroid dienone is 1. The Morgan fingerprint density at radius 1 is 1.12 bits per heavy atom. The van der Waals surface area contributed by atoms with E-state index < -0.39 is 0 Å². The van der Waals surface area contributed by atoms with Gasteiger partial charge in [-0.25, -0.2) is 0 Å². The van der Waals surface area contributed by atoms with Gasteiger partial charge in [-0.05, 0) is 55.7 Å². The summed E-state index contributed by atoms with van der Waals surface area (Å²) in [4.78, 5) is 0. The molecule has 3 rings (SSSR count). The number of aromatic hydroxyl groups is 2. The van der Waals surface area contributed by atoms with Gasteiger partial charge in [0.05, 0.1) is 12.7 Å². The van der Waals surface area contributed by atoms with Gasteiger partial charge in [0.25, 0.3) is 0 Å². The molecule has 0 radical (unpaired) electrons. The van der Waals surface area contributed by atoms with Crippen LogP contribution in [-0.2, 0) is 11.2 Å². The standard InChI is InChI=1S/C16H16O2.C3H6O.C2H4/c1-3-4-13-10-12(6-8-15(13)17)14-9-11(2)5-7-16(14)18;1-3-2-4-3;1-2/h3,5-10,17-18H,1,4H2,2H3;3H,2H2,1H3;1-2H2/t;3-;/m.1./s1. The van der Waals surface area contributed by atoms with E-state index in [-0.39, 0.29) is 11.5 Å². The van der Waals surface area contributed by atoms with Crippen molar-refractivity contribution in [2.24, 2.45) is 0 Å². The molecule has 128 valence electrons. The van der Waals surface area contributed by atoms with Crippen LogP contribution in [0.25, 0.3) is 11.1 Å². The molecule has 2 aromatic carbocycles. The van der Waals surface area contributed by atoms with Crippen LogP contribution in [0, 0.1) is 6.92 Å². The number of aryl methyl sites for hydroxylation is 1. The van der Waals surface area contributed by atoms with E-state index in [0.717, 1.165) is 28.9 Å². The van der Waals surface area contributed by atoms with E-state index in [1.165, 1.54) is 0 Å². The van der Waals surface area contributed by atoms with E-state index >= 15 is 0 Å². The summed E-state index contributed by atoms with van der Waals surface area (Å²) in [6.45, 7) is 14.7. The van der Waals surface area contributed by atoms with Crippen molar-refractivity contribution in [2.45, 2.75) is 26.4 Å². The Kier molecular flexibility index (Phi) is 7.80. The van der Waals surface area contributed by atoms with Gasteiger partial charge in [-0.15, -0.1) is 19.7 Å². The Hall–Kier alpha value is -2.52. The highest BCUT2D eigenvalue weighted by atomic mass is 16.6. The molecule has 0 unspecified atom stereocenters. The minimum Gasteiger partial charge on any atom is -0.508 e. The smallest absolute Gasteiger partial charge is 0.123 e. The lowest BCUT2D eigenvalue weighted by atomic mass is 9.99. The van der Waals surface area contributed by atoms with E-state index in [9.17, 15) is 10.2 Å². The molecule has 0 saturated carbocycles. The molecule has 1 saturated heterocycles. The van der Waals surface area contributed by atoms with E-state index in [0.29, 0.717) is 12.5 Å². The maximum Gasteiger partial charge on any atom is 0.123 e. The number of hydrogen-bond donors (Lipinski definition) is 2. The Balaban J connectivity index is 0.000000409. The zero-order valence-electron chi connectivity index (χ0n) is 14.5. The second-order valence-corrected chi connectivity index (χ2v) is 5.50. The molecule has 0 amide bonds. The van der Waals surface area contributed by atoms with Crippen LogP contribution >= 0.6 is 0 Å². The van der Waals surface area contributed by atoms with Gasteiger partial charge in [0.2, 0.25) is 0 Å². The lowest BCUT2D eigenvalue weighted by Crippen LogP contribution is -1.86. The number of hydrogen-bond acceptors (Lipinski definition) is 3. The Labute approximate surface area is 144 Å². The minimum absolute atomic E-state index is 0.246. The van der Waals surface area contributed by atoms with Crippen LogP contribution < -0.4 is 0 Å². The highest BCUT2D eigenvalue weighted by Crippen LogP contribution is 2.32. The average Bonchev–Trinajstić information content (AvgIpc) is 3.37. The molecule has 3 nitrogen and oxygen atoms in total. The summed E-state index contributed by atoms with van der Waals surface area (Å²) in [6.07, 6.45) is 2.93. The molecule has 0 aromatic heterocycles. The third kappa shape index (κ3) is 5.94. The fourth-order valence-corrected chi connectivity index (χ4v) is 2.05. The van der Waals surface area contributed by atoms with Crippen LogP contribution in [0.15, 0.2) is 62.2 Å². The lowest BCUT2D eigenvalue weighted by molar-refractivity contribution is 0.423. The highest BCUT2D eigenvalue weighted by Gasteiger charge is 2.13. The minimum atomic E-state index is 0.246. The first kappa shape index (κ1) is 19.5. The molecule has 2 aromatic rings. The van der Waals surface area contributed by atoms with Gasteiger partial charge in [-0.1, -0.05) is 23.8 Å². The van der Waals surface area contributed by atoms with Crippen molar-refractivity contribution in [2.75, 3.05) is 6.61 Å². The van der Waals surface area contributed by atoms with Crippen LogP contribution in [0.5, 0.6) is 11.5 Å². The van der Waals surface area contributed by atoms with Gasteiger partial charge in [-0.2, -0.15) is 0 Å². The third-order valence-electron chi connectivity index (χ3n) is 3.41. The largest absolute Gasteiger partial charge is 0.508 e.